The lowest BCUT2D eigenvalue weighted by Crippen LogP contribution is -2.21. The molecule has 1 N–H and O–H groups in total. The van der Waals surface area contributed by atoms with E-state index in [4.69, 9.17) is 4.74 Å². The first-order chi connectivity index (χ1) is 13.4. The molecule has 0 saturated carbocycles. The molecule has 1 amide bonds. The predicted octanol–water partition coefficient (Wildman–Crippen LogP) is 4.70. The van der Waals surface area contributed by atoms with Crippen molar-refractivity contribution >= 4 is 23.4 Å². The van der Waals surface area contributed by atoms with Crippen LogP contribution in [0, 0.1) is 25.2 Å². The monoisotopic (exact) mass is 377 g/mol. The van der Waals surface area contributed by atoms with Gasteiger partial charge in [0.2, 0.25) is 0 Å². The summed E-state index contributed by atoms with van der Waals surface area (Å²) in [7, 11) is 1.58. The van der Waals surface area contributed by atoms with Crippen molar-refractivity contribution in [3.63, 3.8) is 0 Å². The Balaban J connectivity index is 2.34. The van der Waals surface area contributed by atoms with Gasteiger partial charge in [-0.3, -0.25) is 4.79 Å². The summed E-state index contributed by atoms with van der Waals surface area (Å²) in [6.07, 6.45) is 1.56. The smallest absolute Gasteiger partial charge is 0.266 e. The maximum atomic E-state index is 12.6. The van der Waals surface area contributed by atoms with Gasteiger partial charge in [-0.1, -0.05) is 12.1 Å². The molecule has 28 heavy (non-hydrogen) atoms. The van der Waals surface area contributed by atoms with Crippen LogP contribution in [0.4, 0.5) is 11.4 Å². The number of methoxy groups -OCH3 is 1. The topological polar surface area (TPSA) is 65.4 Å². The summed E-state index contributed by atoms with van der Waals surface area (Å²) in [5, 5.41) is 12.3. The first-order valence-corrected chi connectivity index (χ1v) is 9.37. The van der Waals surface area contributed by atoms with Crippen LogP contribution in [0.25, 0.3) is 6.08 Å². The van der Waals surface area contributed by atoms with Crippen molar-refractivity contribution in [1.82, 2.24) is 0 Å². The summed E-state index contributed by atoms with van der Waals surface area (Å²) in [4.78, 5) is 14.8. The van der Waals surface area contributed by atoms with Gasteiger partial charge in [0.05, 0.1) is 7.11 Å². The van der Waals surface area contributed by atoms with E-state index in [2.05, 4.69) is 24.1 Å². The third-order valence-electron chi connectivity index (χ3n) is 4.86. The number of aryl methyl sites for hydroxylation is 1. The first-order valence-electron chi connectivity index (χ1n) is 9.37. The maximum Gasteiger partial charge on any atom is 0.266 e. The minimum Gasteiger partial charge on any atom is -0.496 e. The number of nitrogens with one attached hydrogen (secondary N) is 1. The Morgan fingerprint density at radius 2 is 1.93 bits per heavy atom. The summed E-state index contributed by atoms with van der Waals surface area (Å²) >= 11 is 0. The zero-order chi connectivity index (χ0) is 20.7. The van der Waals surface area contributed by atoms with Crippen LogP contribution >= 0.6 is 0 Å². The third kappa shape index (κ3) is 4.72. The minimum absolute atomic E-state index is 0.0230. The number of nitriles is 1. The van der Waals surface area contributed by atoms with Crippen LogP contribution in [0.1, 0.15) is 30.5 Å². The van der Waals surface area contributed by atoms with E-state index in [9.17, 15) is 10.1 Å². The maximum absolute atomic E-state index is 12.6. The second kappa shape index (κ2) is 9.61. The molecule has 0 heterocycles. The van der Waals surface area contributed by atoms with Crippen LogP contribution in [0.2, 0.25) is 0 Å². The molecule has 0 aliphatic carbocycles. The van der Waals surface area contributed by atoms with Crippen LogP contribution in [0.15, 0.2) is 42.0 Å². The van der Waals surface area contributed by atoms with E-state index in [1.807, 2.05) is 56.3 Å². The van der Waals surface area contributed by atoms with Crippen molar-refractivity contribution < 1.29 is 9.53 Å². The van der Waals surface area contributed by atoms with Gasteiger partial charge in [-0.2, -0.15) is 5.26 Å². The van der Waals surface area contributed by atoms with Gasteiger partial charge in [-0.05, 0) is 63.1 Å². The molecule has 0 aliphatic heterocycles. The van der Waals surface area contributed by atoms with Gasteiger partial charge in [0.1, 0.15) is 17.4 Å². The number of nitrogens with zero attached hydrogens (tertiary/aromatic N) is 2. The predicted molar refractivity (Wildman–Crippen MR) is 115 cm³/mol. The van der Waals surface area contributed by atoms with Crippen molar-refractivity contribution in [2.24, 2.45) is 0 Å². The highest BCUT2D eigenvalue weighted by Crippen LogP contribution is 2.28. The lowest BCUT2D eigenvalue weighted by molar-refractivity contribution is -0.112. The highest BCUT2D eigenvalue weighted by molar-refractivity contribution is 6.10. The molecule has 0 spiro atoms. The fourth-order valence-corrected chi connectivity index (χ4v) is 2.98. The molecule has 0 saturated heterocycles. The fourth-order valence-electron chi connectivity index (χ4n) is 2.98. The van der Waals surface area contributed by atoms with E-state index in [0.29, 0.717) is 17.0 Å². The number of hydrogen-bond donors (Lipinski definition) is 1. The van der Waals surface area contributed by atoms with Crippen LogP contribution in [-0.2, 0) is 4.79 Å². The number of carbonyl (C=O) groups is 1. The van der Waals surface area contributed by atoms with Gasteiger partial charge < -0.3 is 15.0 Å². The Hall–Kier alpha value is -3.26. The van der Waals surface area contributed by atoms with Crippen LogP contribution in [-0.4, -0.2) is 26.1 Å². The number of benzene rings is 2. The van der Waals surface area contributed by atoms with Crippen molar-refractivity contribution in [3.8, 4) is 11.8 Å². The second-order valence-electron chi connectivity index (χ2n) is 6.47. The van der Waals surface area contributed by atoms with Crippen molar-refractivity contribution in [3.05, 3.63) is 58.7 Å². The number of rotatable bonds is 7. The highest BCUT2D eigenvalue weighted by atomic mass is 16.5. The number of carbonyl (C=O) groups excluding carboxylic acids is 1. The summed E-state index contributed by atoms with van der Waals surface area (Å²) in [5.74, 6) is 0.183. The molecular formula is C23H27N3O2. The highest BCUT2D eigenvalue weighted by Gasteiger charge is 2.14. The quantitative estimate of drug-likeness (QED) is 0.561. The molecule has 0 unspecified atom stereocenters. The van der Waals surface area contributed by atoms with E-state index < -0.39 is 5.91 Å². The van der Waals surface area contributed by atoms with E-state index in [1.54, 1.807) is 13.2 Å². The summed E-state index contributed by atoms with van der Waals surface area (Å²) in [5.41, 5.74) is 4.51. The van der Waals surface area contributed by atoms with Gasteiger partial charge in [-0.25, -0.2) is 0 Å². The van der Waals surface area contributed by atoms with Crippen LogP contribution in [0.5, 0.6) is 5.75 Å². The lowest BCUT2D eigenvalue weighted by Gasteiger charge is -2.22. The third-order valence-corrected chi connectivity index (χ3v) is 4.86. The number of hydrogen-bond acceptors (Lipinski definition) is 4. The Morgan fingerprint density at radius 3 is 2.54 bits per heavy atom. The molecule has 0 bridgehead atoms. The molecule has 5 nitrogen and oxygen atoms in total. The Kier molecular flexibility index (Phi) is 7.22. The van der Waals surface area contributed by atoms with E-state index in [0.717, 1.165) is 29.9 Å². The van der Waals surface area contributed by atoms with E-state index >= 15 is 0 Å². The molecule has 146 valence electrons. The van der Waals surface area contributed by atoms with Gasteiger partial charge in [0.25, 0.3) is 5.91 Å². The molecule has 2 aromatic carbocycles. The zero-order valence-corrected chi connectivity index (χ0v) is 17.2. The fraction of sp³-hybridized carbons (Fsp3) is 0.304. The zero-order valence-electron chi connectivity index (χ0n) is 17.2. The average Bonchev–Trinajstić information content (AvgIpc) is 2.70. The van der Waals surface area contributed by atoms with Crippen LogP contribution in [0.3, 0.4) is 0 Å². The Bertz CT molecular complexity index is 922. The lowest BCUT2D eigenvalue weighted by atomic mass is 10.1. The average molecular weight is 377 g/mol. The molecule has 0 radical (unpaired) electrons. The standard InChI is InChI=1S/C23H27N3O2/c1-6-26(7-2)20-12-11-18(22(14-20)28-5)13-19(15-24)23(27)25-21-10-8-9-16(3)17(21)4/h8-14H,6-7H2,1-5H3,(H,25,27)/b19-13+. The minimum atomic E-state index is -0.439. The molecule has 0 fully saturated rings. The van der Waals surface area contributed by atoms with Gasteiger partial charge in [0.15, 0.2) is 0 Å². The number of amides is 1. The summed E-state index contributed by atoms with van der Waals surface area (Å²) in [6, 6.07) is 13.5. The molecular weight excluding hydrogens is 350 g/mol. The largest absolute Gasteiger partial charge is 0.496 e. The van der Waals surface area contributed by atoms with Gasteiger partial charge in [0, 0.05) is 36.1 Å². The second-order valence-corrected chi connectivity index (χ2v) is 6.47. The molecule has 0 atom stereocenters. The summed E-state index contributed by atoms with van der Waals surface area (Å²) < 4.78 is 5.49. The normalized spacial score (nSPS) is 10.9. The van der Waals surface area contributed by atoms with Gasteiger partial charge >= 0.3 is 0 Å². The summed E-state index contributed by atoms with van der Waals surface area (Å²) in [6.45, 7) is 9.88. The molecule has 5 heteroatoms. The molecule has 2 aromatic rings. The number of ether oxygens (including phenoxy) is 1. The Labute approximate surface area is 167 Å². The molecule has 0 aliphatic rings. The SMILES string of the molecule is CCN(CC)c1ccc(/C=C(\C#N)C(=O)Nc2cccc(C)c2C)c(OC)c1. The number of anilines is 2. The van der Waals surface area contributed by atoms with Crippen LogP contribution < -0.4 is 15.0 Å². The van der Waals surface area contributed by atoms with Crippen molar-refractivity contribution in [2.75, 3.05) is 30.4 Å². The van der Waals surface area contributed by atoms with E-state index in [-0.39, 0.29) is 5.57 Å². The van der Waals surface area contributed by atoms with Crippen molar-refractivity contribution in [2.45, 2.75) is 27.7 Å². The molecule has 2 rings (SSSR count). The first kappa shape index (κ1) is 21.0. The Morgan fingerprint density at radius 1 is 1.21 bits per heavy atom. The van der Waals surface area contributed by atoms with Gasteiger partial charge in [-0.15, -0.1) is 0 Å². The van der Waals surface area contributed by atoms with Crippen molar-refractivity contribution in [1.29, 1.82) is 5.26 Å². The molecule has 0 aromatic heterocycles. The van der Waals surface area contributed by atoms with E-state index in [1.165, 1.54) is 0 Å².